The molecule has 0 radical (unpaired) electrons. The van der Waals surface area contributed by atoms with Gasteiger partial charge in [0.05, 0.1) is 6.54 Å². The molecule has 0 bridgehead atoms. The summed E-state index contributed by atoms with van der Waals surface area (Å²) < 4.78 is 24.4. The van der Waals surface area contributed by atoms with Crippen molar-refractivity contribution in [2.24, 2.45) is 0 Å². The first-order chi connectivity index (χ1) is 5.08. The zero-order chi connectivity index (χ0) is 8.32. The zero-order valence-corrected chi connectivity index (χ0v) is 9.32. The highest BCUT2D eigenvalue weighted by atomic mass is 35.5. The van der Waals surface area contributed by atoms with Crippen molar-refractivity contribution in [1.82, 2.24) is 10.2 Å². The Morgan fingerprint density at radius 1 is 1.23 bits per heavy atom. The molecule has 0 aromatic rings. The van der Waals surface area contributed by atoms with E-state index < -0.39 is 5.38 Å². The van der Waals surface area contributed by atoms with E-state index in [0.29, 0.717) is 13.1 Å². The standard InChI is InChI=1S/C6H11ClF2N2.2ClH/c7-6(8,9)5-11-3-1-10-2-4-11;;/h10H,1-5H2;2*1H. The van der Waals surface area contributed by atoms with E-state index in [1.165, 1.54) is 0 Å². The van der Waals surface area contributed by atoms with Gasteiger partial charge in [-0.2, -0.15) is 8.78 Å². The number of halogens is 5. The first kappa shape index (κ1) is 16.1. The smallest absolute Gasteiger partial charge is 0.314 e. The van der Waals surface area contributed by atoms with Gasteiger partial charge in [-0.25, -0.2) is 0 Å². The van der Waals surface area contributed by atoms with Crippen LogP contribution in [0.25, 0.3) is 0 Å². The van der Waals surface area contributed by atoms with Crippen molar-refractivity contribution >= 4 is 36.4 Å². The number of rotatable bonds is 2. The van der Waals surface area contributed by atoms with E-state index in [1.807, 2.05) is 0 Å². The maximum Gasteiger partial charge on any atom is 0.334 e. The minimum Gasteiger partial charge on any atom is -0.314 e. The molecule has 0 aliphatic carbocycles. The third-order valence-corrected chi connectivity index (χ3v) is 1.73. The van der Waals surface area contributed by atoms with Gasteiger partial charge in [-0.05, 0) is 11.6 Å². The number of nitrogens with one attached hydrogen (secondary N) is 1. The molecule has 1 rings (SSSR count). The van der Waals surface area contributed by atoms with Crippen molar-refractivity contribution in [2.45, 2.75) is 5.38 Å². The van der Waals surface area contributed by atoms with Crippen molar-refractivity contribution in [3.8, 4) is 0 Å². The van der Waals surface area contributed by atoms with Gasteiger partial charge >= 0.3 is 5.38 Å². The van der Waals surface area contributed by atoms with E-state index in [1.54, 1.807) is 4.90 Å². The third-order valence-electron chi connectivity index (χ3n) is 1.61. The summed E-state index contributed by atoms with van der Waals surface area (Å²) in [4.78, 5) is 1.66. The second-order valence-electron chi connectivity index (χ2n) is 2.64. The number of nitrogens with zero attached hydrogens (tertiary/aromatic N) is 1. The molecule has 1 heterocycles. The number of hydrogen-bond acceptors (Lipinski definition) is 2. The minimum absolute atomic E-state index is 0. The van der Waals surface area contributed by atoms with Crippen molar-refractivity contribution in [2.75, 3.05) is 32.7 Å². The molecule has 7 heteroatoms. The monoisotopic (exact) mass is 256 g/mol. The molecule has 82 valence electrons. The molecule has 0 aromatic carbocycles. The van der Waals surface area contributed by atoms with E-state index in [9.17, 15) is 8.78 Å². The molecule has 13 heavy (non-hydrogen) atoms. The molecule has 1 aliphatic heterocycles. The van der Waals surface area contributed by atoms with Crippen LogP contribution in [0.1, 0.15) is 0 Å². The lowest BCUT2D eigenvalue weighted by Crippen LogP contribution is -2.46. The predicted molar refractivity (Wildman–Crippen MR) is 54.6 cm³/mol. The maximum atomic E-state index is 12.2. The highest BCUT2D eigenvalue weighted by Crippen LogP contribution is 2.19. The Kier molecular flexibility index (Phi) is 8.68. The van der Waals surface area contributed by atoms with Crippen LogP contribution in [0.2, 0.25) is 0 Å². The van der Waals surface area contributed by atoms with Gasteiger partial charge < -0.3 is 5.32 Å². The predicted octanol–water partition coefficient (Wildman–Crippen LogP) is 1.57. The van der Waals surface area contributed by atoms with Crippen molar-refractivity contribution < 1.29 is 8.78 Å². The lowest BCUT2D eigenvalue weighted by molar-refractivity contribution is 0.0429. The summed E-state index contributed by atoms with van der Waals surface area (Å²) >= 11 is 4.77. The molecule has 1 fully saturated rings. The summed E-state index contributed by atoms with van der Waals surface area (Å²) in [5.74, 6) is 0. The molecule has 0 atom stereocenters. The second-order valence-corrected chi connectivity index (χ2v) is 3.19. The van der Waals surface area contributed by atoms with Crippen LogP contribution in [0.4, 0.5) is 8.78 Å². The van der Waals surface area contributed by atoms with Crippen molar-refractivity contribution in [3.63, 3.8) is 0 Å². The van der Waals surface area contributed by atoms with Gasteiger partial charge in [0.15, 0.2) is 0 Å². The third kappa shape index (κ3) is 7.70. The van der Waals surface area contributed by atoms with Crippen LogP contribution < -0.4 is 5.32 Å². The van der Waals surface area contributed by atoms with E-state index in [2.05, 4.69) is 5.32 Å². The quantitative estimate of drug-likeness (QED) is 0.756. The topological polar surface area (TPSA) is 15.3 Å². The SMILES string of the molecule is Cl.Cl.FC(F)(Cl)CN1CCNCC1. The molecule has 0 spiro atoms. The average molecular weight is 258 g/mol. The fourth-order valence-electron chi connectivity index (χ4n) is 1.12. The van der Waals surface area contributed by atoms with E-state index in [4.69, 9.17) is 11.6 Å². The summed E-state index contributed by atoms with van der Waals surface area (Å²) in [6.45, 7) is 2.51. The van der Waals surface area contributed by atoms with Crippen LogP contribution >= 0.6 is 36.4 Å². The Morgan fingerprint density at radius 2 is 1.69 bits per heavy atom. The molecule has 0 amide bonds. The first-order valence-corrected chi connectivity index (χ1v) is 3.95. The first-order valence-electron chi connectivity index (χ1n) is 3.58. The highest BCUT2D eigenvalue weighted by molar-refractivity contribution is 6.21. The summed E-state index contributed by atoms with van der Waals surface area (Å²) in [6, 6.07) is 0. The summed E-state index contributed by atoms with van der Waals surface area (Å²) in [7, 11) is 0. The largest absolute Gasteiger partial charge is 0.334 e. The number of alkyl halides is 3. The maximum absolute atomic E-state index is 12.2. The molecule has 1 N–H and O–H groups in total. The Labute approximate surface area is 93.8 Å². The highest BCUT2D eigenvalue weighted by Gasteiger charge is 2.28. The normalized spacial score (nSPS) is 18.7. The Balaban J connectivity index is 0. The van der Waals surface area contributed by atoms with Gasteiger partial charge in [0.1, 0.15) is 0 Å². The minimum atomic E-state index is -3.07. The molecule has 2 nitrogen and oxygen atoms in total. The van der Waals surface area contributed by atoms with Crippen LogP contribution in [0, 0.1) is 0 Å². The molecular formula is C6H13Cl3F2N2. The van der Waals surface area contributed by atoms with Gasteiger partial charge in [0.25, 0.3) is 0 Å². The summed E-state index contributed by atoms with van der Waals surface area (Å²) in [6.07, 6.45) is 0. The fraction of sp³-hybridized carbons (Fsp3) is 1.00. The van der Waals surface area contributed by atoms with Crippen molar-refractivity contribution in [1.29, 1.82) is 0 Å². The number of piperazine rings is 1. The molecule has 1 aliphatic rings. The van der Waals surface area contributed by atoms with Gasteiger partial charge in [-0.15, -0.1) is 24.8 Å². The Bertz CT molecular complexity index is 126. The molecule has 0 saturated carbocycles. The van der Waals surface area contributed by atoms with Gasteiger partial charge in [0, 0.05) is 26.2 Å². The van der Waals surface area contributed by atoms with Crippen LogP contribution in [-0.4, -0.2) is 43.0 Å². The average Bonchev–Trinajstić information content (AvgIpc) is 1.85. The van der Waals surface area contributed by atoms with E-state index in [0.717, 1.165) is 13.1 Å². The second kappa shape index (κ2) is 7.01. The van der Waals surface area contributed by atoms with Crippen molar-refractivity contribution in [3.05, 3.63) is 0 Å². The van der Waals surface area contributed by atoms with Gasteiger partial charge in [-0.1, -0.05) is 0 Å². The molecule has 0 aromatic heterocycles. The van der Waals surface area contributed by atoms with Crippen LogP contribution in [0.5, 0.6) is 0 Å². The number of hydrogen-bond donors (Lipinski definition) is 1. The fourth-order valence-corrected chi connectivity index (χ4v) is 1.29. The van der Waals surface area contributed by atoms with Gasteiger partial charge in [0.2, 0.25) is 0 Å². The molecule has 1 saturated heterocycles. The Hall–Kier alpha value is 0.650. The molecular weight excluding hydrogens is 244 g/mol. The van der Waals surface area contributed by atoms with Crippen LogP contribution in [0.3, 0.4) is 0 Å². The van der Waals surface area contributed by atoms with Crippen LogP contribution in [0.15, 0.2) is 0 Å². The zero-order valence-electron chi connectivity index (χ0n) is 6.93. The van der Waals surface area contributed by atoms with E-state index in [-0.39, 0.29) is 31.4 Å². The summed E-state index contributed by atoms with van der Waals surface area (Å²) in [5.41, 5.74) is 0. The summed E-state index contributed by atoms with van der Waals surface area (Å²) in [5, 5.41) is -0.00126. The lowest BCUT2D eigenvalue weighted by Gasteiger charge is -2.28. The van der Waals surface area contributed by atoms with Gasteiger partial charge in [-0.3, -0.25) is 4.90 Å². The van der Waals surface area contributed by atoms with E-state index >= 15 is 0 Å². The molecule has 0 unspecified atom stereocenters. The Morgan fingerprint density at radius 3 is 2.08 bits per heavy atom. The van der Waals surface area contributed by atoms with Crippen LogP contribution in [-0.2, 0) is 0 Å². The lowest BCUT2D eigenvalue weighted by atomic mass is 10.3.